The van der Waals surface area contributed by atoms with Crippen LogP contribution in [0, 0.1) is 0 Å². The Labute approximate surface area is 117 Å². The van der Waals surface area contributed by atoms with Crippen molar-refractivity contribution in [3.8, 4) is 0 Å². The van der Waals surface area contributed by atoms with Crippen LogP contribution in [0.25, 0.3) is 10.9 Å². The number of halogens is 2. The Kier molecular flexibility index (Phi) is 3.18. The van der Waals surface area contributed by atoms with E-state index >= 15 is 0 Å². The lowest BCUT2D eigenvalue weighted by Crippen LogP contribution is -2.31. The number of aromatic nitrogens is 3. The molecule has 1 N–H and O–H groups in total. The number of hydrogen-bond acceptors (Lipinski definition) is 5. The zero-order valence-corrected chi connectivity index (χ0v) is 11.1. The fourth-order valence-electron chi connectivity index (χ4n) is 2.11. The average Bonchev–Trinajstić information content (AvgIpc) is 2.77. The predicted octanol–water partition coefficient (Wildman–Crippen LogP) is 1.03. The summed E-state index contributed by atoms with van der Waals surface area (Å²) in [7, 11) is 0. The summed E-state index contributed by atoms with van der Waals surface area (Å²) in [5.41, 5.74) is -0.0357. The number of aliphatic hydroxyl groups is 1. The van der Waals surface area contributed by atoms with E-state index in [9.17, 15) is 9.90 Å². The summed E-state index contributed by atoms with van der Waals surface area (Å²) >= 11 is 11.7. The molecule has 2 aromatic heterocycles. The van der Waals surface area contributed by atoms with Crippen molar-refractivity contribution in [2.75, 3.05) is 13.2 Å². The minimum atomic E-state index is -0.732. The fraction of sp³-hybridized carbons (Fsp3) is 0.364. The first-order valence-corrected chi connectivity index (χ1v) is 6.32. The highest BCUT2D eigenvalue weighted by molar-refractivity contribution is 6.36. The number of hydrogen-bond donors (Lipinski definition) is 1. The molecule has 100 valence electrons. The molecule has 1 saturated heterocycles. The number of pyridine rings is 1. The van der Waals surface area contributed by atoms with Gasteiger partial charge in [-0.2, -0.15) is 0 Å². The van der Waals surface area contributed by atoms with Gasteiger partial charge in [-0.1, -0.05) is 23.2 Å². The van der Waals surface area contributed by atoms with Gasteiger partial charge in [0.1, 0.15) is 16.8 Å². The van der Waals surface area contributed by atoms with Gasteiger partial charge in [0.05, 0.1) is 31.0 Å². The SMILES string of the molecule is O=c1c2cc(Cl)nc(Cl)c2ncn1[C@@H]1COC[C@@H]1O. The largest absolute Gasteiger partial charge is 0.388 e. The molecule has 3 heterocycles. The monoisotopic (exact) mass is 301 g/mol. The maximum atomic E-state index is 12.4. The molecule has 2 atom stereocenters. The van der Waals surface area contributed by atoms with Gasteiger partial charge in [-0.05, 0) is 6.07 Å². The standard InChI is InChI=1S/C11H9Cl2N3O3/c12-8-1-5-9(10(13)15-8)14-4-16(11(5)18)6-2-19-3-7(6)17/h1,4,6-7,17H,2-3H2/t6-,7+/m1/s1. The molecule has 0 bridgehead atoms. The van der Waals surface area contributed by atoms with Crippen LogP contribution in [0.15, 0.2) is 17.2 Å². The van der Waals surface area contributed by atoms with E-state index < -0.39 is 12.1 Å². The molecule has 0 aliphatic carbocycles. The summed E-state index contributed by atoms with van der Waals surface area (Å²) in [5, 5.41) is 10.2. The lowest BCUT2D eigenvalue weighted by molar-refractivity contribution is 0.119. The Morgan fingerprint density at radius 1 is 1.42 bits per heavy atom. The summed E-state index contributed by atoms with van der Waals surface area (Å²) in [4.78, 5) is 20.3. The van der Waals surface area contributed by atoms with Crippen LogP contribution in [0.3, 0.4) is 0 Å². The third kappa shape index (κ3) is 2.10. The van der Waals surface area contributed by atoms with Crippen LogP contribution in [-0.4, -0.2) is 39.0 Å². The van der Waals surface area contributed by atoms with Gasteiger partial charge in [-0.25, -0.2) is 9.97 Å². The van der Waals surface area contributed by atoms with Crippen LogP contribution in [0.2, 0.25) is 10.3 Å². The second-order valence-corrected chi connectivity index (χ2v) is 5.01. The van der Waals surface area contributed by atoms with Crippen LogP contribution in [-0.2, 0) is 4.74 Å². The topological polar surface area (TPSA) is 77.2 Å². The molecule has 6 nitrogen and oxygen atoms in total. The molecular formula is C11H9Cl2N3O3. The highest BCUT2D eigenvalue weighted by Crippen LogP contribution is 2.22. The van der Waals surface area contributed by atoms with Gasteiger partial charge in [0.15, 0.2) is 5.15 Å². The first-order valence-electron chi connectivity index (χ1n) is 5.56. The van der Waals surface area contributed by atoms with Crippen molar-refractivity contribution in [3.63, 3.8) is 0 Å². The van der Waals surface area contributed by atoms with Gasteiger partial charge in [0, 0.05) is 0 Å². The smallest absolute Gasteiger partial charge is 0.261 e. The molecule has 2 aromatic rings. The number of aliphatic hydroxyl groups excluding tert-OH is 1. The fourth-order valence-corrected chi connectivity index (χ4v) is 2.59. The molecule has 0 amide bonds. The van der Waals surface area contributed by atoms with Gasteiger partial charge in [0.25, 0.3) is 5.56 Å². The quantitative estimate of drug-likeness (QED) is 0.796. The Morgan fingerprint density at radius 3 is 2.89 bits per heavy atom. The number of fused-ring (bicyclic) bond motifs is 1. The van der Waals surface area contributed by atoms with Gasteiger partial charge in [-0.3, -0.25) is 9.36 Å². The van der Waals surface area contributed by atoms with E-state index in [1.807, 2.05) is 0 Å². The number of rotatable bonds is 1. The molecule has 1 aliphatic rings. The number of ether oxygens (including phenoxy) is 1. The van der Waals surface area contributed by atoms with Crippen LogP contribution < -0.4 is 5.56 Å². The van der Waals surface area contributed by atoms with E-state index in [2.05, 4.69) is 9.97 Å². The second-order valence-electron chi connectivity index (χ2n) is 4.26. The van der Waals surface area contributed by atoms with E-state index in [1.54, 1.807) is 0 Å². The van der Waals surface area contributed by atoms with Crippen molar-refractivity contribution < 1.29 is 9.84 Å². The van der Waals surface area contributed by atoms with Gasteiger partial charge in [-0.15, -0.1) is 0 Å². The van der Waals surface area contributed by atoms with Crippen LogP contribution in [0.4, 0.5) is 0 Å². The summed E-state index contributed by atoms with van der Waals surface area (Å²) in [6.45, 7) is 0.466. The normalized spacial score (nSPS) is 23.1. The van der Waals surface area contributed by atoms with Crippen molar-refractivity contribution in [2.45, 2.75) is 12.1 Å². The van der Waals surface area contributed by atoms with Crippen molar-refractivity contribution in [1.29, 1.82) is 0 Å². The summed E-state index contributed by atoms with van der Waals surface area (Å²) in [6.07, 6.45) is 0.610. The van der Waals surface area contributed by atoms with Crippen molar-refractivity contribution in [2.24, 2.45) is 0 Å². The highest BCUT2D eigenvalue weighted by atomic mass is 35.5. The van der Waals surface area contributed by atoms with Crippen LogP contribution in [0.5, 0.6) is 0 Å². The molecule has 1 fully saturated rings. The Balaban J connectivity index is 2.23. The Hall–Kier alpha value is -1.21. The van der Waals surface area contributed by atoms with Crippen molar-refractivity contribution >= 4 is 34.1 Å². The molecule has 8 heteroatoms. The van der Waals surface area contributed by atoms with Crippen molar-refractivity contribution in [1.82, 2.24) is 14.5 Å². The van der Waals surface area contributed by atoms with Gasteiger partial charge in [0.2, 0.25) is 0 Å². The molecular weight excluding hydrogens is 293 g/mol. The van der Waals surface area contributed by atoms with E-state index in [4.69, 9.17) is 27.9 Å². The average molecular weight is 302 g/mol. The van der Waals surface area contributed by atoms with Crippen LogP contribution in [0.1, 0.15) is 6.04 Å². The maximum absolute atomic E-state index is 12.4. The first-order chi connectivity index (χ1) is 9.08. The molecule has 0 unspecified atom stereocenters. The summed E-state index contributed by atoms with van der Waals surface area (Å²) in [6, 6.07) is 0.965. The molecule has 0 saturated carbocycles. The highest BCUT2D eigenvalue weighted by Gasteiger charge is 2.29. The zero-order chi connectivity index (χ0) is 13.6. The molecule has 0 spiro atoms. The second kappa shape index (κ2) is 4.72. The van der Waals surface area contributed by atoms with Crippen molar-refractivity contribution in [3.05, 3.63) is 33.1 Å². The summed E-state index contributed by atoms with van der Waals surface area (Å²) in [5.74, 6) is 0. The maximum Gasteiger partial charge on any atom is 0.261 e. The molecule has 0 radical (unpaired) electrons. The van der Waals surface area contributed by atoms with E-state index in [1.165, 1.54) is 17.0 Å². The Bertz CT molecular complexity index is 703. The lowest BCUT2D eigenvalue weighted by Gasteiger charge is -2.15. The predicted molar refractivity (Wildman–Crippen MR) is 69.7 cm³/mol. The van der Waals surface area contributed by atoms with E-state index in [-0.39, 0.29) is 34.5 Å². The minimum absolute atomic E-state index is 0.0787. The lowest BCUT2D eigenvalue weighted by atomic mass is 10.2. The number of nitrogens with zero attached hydrogens (tertiary/aromatic N) is 3. The molecule has 3 rings (SSSR count). The molecule has 1 aliphatic heterocycles. The zero-order valence-electron chi connectivity index (χ0n) is 9.58. The Morgan fingerprint density at radius 2 is 2.21 bits per heavy atom. The third-order valence-corrected chi connectivity index (χ3v) is 3.53. The first kappa shape index (κ1) is 12.8. The third-order valence-electron chi connectivity index (χ3n) is 3.07. The molecule has 0 aromatic carbocycles. The van der Waals surface area contributed by atoms with Gasteiger partial charge < -0.3 is 9.84 Å². The summed E-state index contributed by atoms with van der Waals surface area (Å²) < 4.78 is 6.48. The van der Waals surface area contributed by atoms with Gasteiger partial charge >= 0.3 is 0 Å². The van der Waals surface area contributed by atoms with E-state index in [0.717, 1.165) is 0 Å². The van der Waals surface area contributed by atoms with E-state index in [0.29, 0.717) is 5.52 Å². The molecule has 19 heavy (non-hydrogen) atoms. The minimum Gasteiger partial charge on any atom is -0.388 e. The van der Waals surface area contributed by atoms with Crippen LogP contribution >= 0.6 is 23.2 Å².